The molecule has 2 aliphatic rings. The summed E-state index contributed by atoms with van der Waals surface area (Å²) >= 11 is 9.67. The third-order valence-corrected chi connectivity index (χ3v) is 5.16. The Hall–Kier alpha value is -2.25. The Morgan fingerprint density at radius 2 is 2.08 bits per heavy atom. The van der Waals surface area contributed by atoms with Crippen LogP contribution in [-0.2, 0) is 0 Å². The molecular formula is C17H16BrClN6. The topological polar surface area (TPSA) is 69.2 Å². The molecule has 0 unspecified atom stereocenters. The van der Waals surface area contributed by atoms with Crippen molar-refractivity contribution in [3.63, 3.8) is 0 Å². The number of aliphatic imine (C=N–C) groups is 1. The molecule has 8 heteroatoms. The van der Waals surface area contributed by atoms with Gasteiger partial charge in [-0.25, -0.2) is 9.98 Å². The van der Waals surface area contributed by atoms with Crippen LogP contribution in [0.4, 0.5) is 28.4 Å². The number of nitrogens with one attached hydrogen (secondary N) is 1. The molecule has 128 valence electrons. The molecule has 25 heavy (non-hydrogen) atoms. The largest absolute Gasteiger partial charge is 0.397 e. The summed E-state index contributed by atoms with van der Waals surface area (Å²) in [6.07, 6.45) is 3.69. The Labute approximate surface area is 158 Å². The molecule has 0 spiro atoms. The molecule has 2 aromatic carbocycles. The van der Waals surface area contributed by atoms with Gasteiger partial charge in [0.05, 0.1) is 34.4 Å². The van der Waals surface area contributed by atoms with E-state index < -0.39 is 0 Å². The Bertz CT molecular complexity index is 1010. The van der Waals surface area contributed by atoms with Gasteiger partial charge in [0.25, 0.3) is 0 Å². The van der Waals surface area contributed by atoms with E-state index in [4.69, 9.17) is 17.3 Å². The van der Waals surface area contributed by atoms with Crippen LogP contribution >= 0.6 is 27.5 Å². The fraction of sp³-hybridized carbons (Fsp3) is 0.176. The number of rotatable bonds is 2. The highest BCUT2D eigenvalue weighted by Gasteiger charge is 2.21. The second kappa shape index (κ2) is 5.93. The summed E-state index contributed by atoms with van der Waals surface area (Å²) in [6, 6.07) is 5.77. The van der Waals surface area contributed by atoms with E-state index in [0.717, 1.165) is 44.5 Å². The Morgan fingerprint density at radius 1 is 1.28 bits per heavy atom. The highest BCUT2D eigenvalue weighted by Crippen LogP contribution is 2.34. The molecule has 0 saturated heterocycles. The molecule has 2 heterocycles. The molecule has 0 bridgehead atoms. The minimum absolute atomic E-state index is 0.492. The first kappa shape index (κ1) is 16.2. The van der Waals surface area contributed by atoms with Crippen molar-refractivity contribution < 1.29 is 0 Å². The van der Waals surface area contributed by atoms with Crippen molar-refractivity contribution in [2.24, 2.45) is 9.98 Å². The summed E-state index contributed by atoms with van der Waals surface area (Å²) in [5.41, 5.74) is 10.1. The number of nitrogen functional groups attached to an aromatic ring is 1. The van der Waals surface area contributed by atoms with Crippen LogP contribution in [0.2, 0.25) is 5.02 Å². The zero-order chi connectivity index (χ0) is 17.7. The van der Waals surface area contributed by atoms with Gasteiger partial charge in [0, 0.05) is 35.7 Å². The average molecular weight is 420 g/mol. The maximum absolute atomic E-state index is 6.23. The maximum atomic E-state index is 6.23. The smallest absolute Gasteiger partial charge is 0.117 e. The quantitative estimate of drug-likeness (QED) is 0.735. The molecule has 4 rings (SSSR count). The first-order valence-corrected chi connectivity index (χ1v) is 8.83. The lowest BCUT2D eigenvalue weighted by atomic mass is 10.1. The van der Waals surface area contributed by atoms with E-state index in [-0.39, 0.29) is 0 Å². The Balaban J connectivity index is 1.93. The van der Waals surface area contributed by atoms with Crippen LogP contribution in [0.15, 0.2) is 32.7 Å². The van der Waals surface area contributed by atoms with Gasteiger partial charge in [0.2, 0.25) is 0 Å². The van der Waals surface area contributed by atoms with E-state index in [1.165, 1.54) is 0 Å². The van der Waals surface area contributed by atoms with Gasteiger partial charge in [0.15, 0.2) is 0 Å². The van der Waals surface area contributed by atoms with E-state index >= 15 is 0 Å². The first-order valence-electron chi connectivity index (χ1n) is 7.66. The van der Waals surface area contributed by atoms with Crippen molar-refractivity contribution in [2.75, 3.05) is 36.7 Å². The van der Waals surface area contributed by atoms with E-state index in [9.17, 15) is 0 Å². The normalized spacial score (nSPS) is 14.7. The third kappa shape index (κ3) is 2.73. The molecule has 0 fully saturated rings. The number of hydrogen-bond donors (Lipinski definition) is 2. The predicted molar refractivity (Wildman–Crippen MR) is 108 cm³/mol. The van der Waals surface area contributed by atoms with Gasteiger partial charge >= 0.3 is 0 Å². The van der Waals surface area contributed by atoms with Crippen LogP contribution in [0.1, 0.15) is 0 Å². The minimum atomic E-state index is 0.492. The highest BCUT2D eigenvalue weighted by molar-refractivity contribution is 9.10. The molecule has 0 atom stereocenters. The van der Waals surface area contributed by atoms with Crippen LogP contribution in [0.3, 0.4) is 0 Å². The molecule has 3 N–H and O–H groups in total. The molecular weight excluding hydrogens is 404 g/mol. The number of nitrogens with zero attached hydrogens (tertiary/aromatic N) is 4. The van der Waals surface area contributed by atoms with E-state index in [1.54, 1.807) is 6.34 Å². The van der Waals surface area contributed by atoms with Crippen molar-refractivity contribution in [3.8, 4) is 0 Å². The highest BCUT2D eigenvalue weighted by atomic mass is 79.9. The molecule has 2 aromatic rings. The first-order chi connectivity index (χ1) is 11.9. The number of hydrogen-bond acceptors (Lipinski definition) is 6. The molecule has 6 nitrogen and oxygen atoms in total. The number of nitrogens with two attached hydrogens (primary N) is 1. The average Bonchev–Trinajstić information content (AvgIpc) is 3.00. The van der Waals surface area contributed by atoms with Gasteiger partial charge in [-0.2, -0.15) is 0 Å². The SMILES string of the molecule is CN1C=c2cc3c(c(Nc4cc(Cl)c(N)c(Br)c4)c2N(C)C1)=NC=N3. The van der Waals surface area contributed by atoms with Crippen LogP contribution in [0, 0.1) is 0 Å². The summed E-state index contributed by atoms with van der Waals surface area (Å²) in [5.74, 6) is 0. The van der Waals surface area contributed by atoms with Gasteiger partial charge in [0.1, 0.15) is 11.7 Å². The van der Waals surface area contributed by atoms with Gasteiger partial charge in [-0.05, 0) is 34.1 Å². The van der Waals surface area contributed by atoms with Crippen LogP contribution < -0.4 is 26.5 Å². The fourth-order valence-electron chi connectivity index (χ4n) is 3.16. The van der Waals surface area contributed by atoms with Crippen LogP contribution in [0.5, 0.6) is 0 Å². The van der Waals surface area contributed by atoms with Crippen LogP contribution in [0.25, 0.3) is 6.20 Å². The number of halogens is 2. The van der Waals surface area contributed by atoms with Gasteiger partial charge in [-0.1, -0.05) is 11.6 Å². The predicted octanol–water partition coefficient (Wildman–Crippen LogP) is 2.80. The van der Waals surface area contributed by atoms with Gasteiger partial charge in [-0.15, -0.1) is 0 Å². The second-order valence-corrected chi connectivity index (χ2v) is 7.40. The van der Waals surface area contributed by atoms with Crippen molar-refractivity contribution >= 4 is 68.5 Å². The summed E-state index contributed by atoms with van der Waals surface area (Å²) in [4.78, 5) is 13.1. The number of fused-ring (bicyclic) bond motifs is 2. The lowest BCUT2D eigenvalue weighted by molar-refractivity contribution is 0.487. The van der Waals surface area contributed by atoms with Gasteiger partial charge < -0.3 is 20.9 Å². The van der Waals surface area contributed by atoms with Crippen molar-refractivity contribution in [3.05, 3.63) is 38.3 Å². The van der Waals surface area contributed by atoms with Crippen molar-refractivity contribution in [2.45, 2.75) is 0 Å². The Kier molecular flexibility index (Phi) is 3.85. The molecule has 0 amide bonds. The monoisotopic (exact) mass is 418 g/mol. The second-order valence-electron chi connectivity index (χ2n) is 6.13. The Morgan fingerprint density at radius 3 is 2.84 bits per heavy atom. The van der Waals surface area contributed by atoms with Crippen molar-refractivity contribution in [1.29, 1.82) is 0 Å². The van der Waals surface area contributed by atoms with E-state index in [2.05, 4.69) is 60.3 Å². The maximum Gasteiger partial charge on any atom is 0.117 e. The summed E-state index contributed by atoms with van der Waals surface area (Å²) in [7, 11) is 4.10. The molecule has 0 aliphatic carbocycles. The number of benzene rings is 2. The third-order valence-electron chi connectivity index (χ3n) is 4.19. The minimum Gasteiger partial charge on any atom is -0.397 e. The lowest BCUT2D eigenvalue weighted by Crippen LogP contribution is -2.40. The molecule has 0 aromatic heterocycles. The van der Waals surface area contributed by atoms with Crippen LogP contribution in [-0.4, -0.2) is 32.0 Å². The summed E-state index contributed by atoms with van der Waals surface area (Å²) in [5, 5.41) is 5.87. The summed E-state index contributed by atoms with van der Waals surface area (Å²) < 4.78 is 0.747. The molecule has 0 saturated carbocycles. The lowest BCUT2D eigenvalue weighted by Gasteiger charge is -2.32. The number of anilines is 4. The van der Waals surface area contributed by atoms with E-state index in [0.29, 0.717) is 10.7 Å². The zero-order valence-corrected chi connectivity index (χ0v) is 16.1. The van der Waals surface area contributed by atoms with Gasteiger partial charge in [-0.3, -0.25) is 0 Å². The molecule has 2 aliphatic heterocycles. The molecule has 0 radical (unpaired) electrons. The standard InChI is InChI=1S/C17H16BrClN6/c1-24-6-9-3-13-15(22-7-21-13)16(17(9)25(2)8-24)23-10-4-11(18)14(20)12(19)5-10/h3-7,23H,8,20H2,1-2H3. The van der Waals surface area contributed by atoms with E-state index in [1.807, 2.05) is 19.2 Å². The zero-order valence-electron chi connectivity index (χ0n) is 13.7. The van der Waals surface area contributed by atoms with Crippen molar-refractivity contribution in [1.82, 2.24) is 4.90 Å². The fourth-order valence-corrected chi connectivity index (χ4v) is 3.95. The summed E-state index contributed by atoms with van der Waals surface area (Å²) in [6.45, 7) is 0.785.